The van der Waals surface area contributed by atoms with Crippen LogP contribution in [0.3, 0.4) is 0 Å². The summed E-state index contributed by atoms with van der Waals surface area (Å²) < 4.78 is 13.7. The molecule has 1 aliphatic carbocycles. The summed E-state index contributed by atoms with van der Waals surface area (Å²) in [6, 6.07) is 4.60. The molecule has 0 heterocycles. The number of nitrogens with two attached hydrogens (primary N) is 1. The van der Waals surface area contributed by atoms with Crippen LogP contribution in [-0.2, 0) is 5.54 Å². The highest BCUT2D eigenvalue weighted by Crippen LogP contribution is 2.38. The lowest BCUT2D eigenvalue weighted by atomic mass is 9.76. The van der Waals surface area contributed by atoms with Gasteiger partial charge in [0.1, 0.15) is 5.82 Å². The van der Waals surface area contributed by atoms with Gasteiger partial charge in [0.2, 0.25) is 0 Å². The van der Waals surface area contributed by atoms with E-state index in [4.69, 9.17) is 5.73 Å². The average molecular weight is 288 g/mol. The van der Waals surface area contributed by atoms with E-state index in [0.29, 0.717) is 17.3 Å². The smallest absolute Gasteiger partial charge is 0.124 e. The van der Waals surface area contributed by atoms with Crippen molar-refractivity contribution in [2.45, 2.75) is 37.3 Å². The number of halogens is 2. The molecule has 16 heavy (non-hydrogen) atoms. The first kappa shape index (κ1) is 12.0. The van der Waals surface area contributed by atoms with E-state index in [9.17, 15) is 9.50 Å². The second-order valence-corrected chi connectivity index (χ2v) is 5.37. The summed E-state index contributed by atoms with van der Waals surface area (Å²) in [5.74, 6) is -0.268. The molecule has 1 fully saturated rings. The molecule has 4 heteroatoms. The summed E-state index contributed by atoms with van der Waals surface area (Å²) in [6.07, 6.45) is 2.65. The lowest BCUT2D eigenvalue weighted by Gasteiger charge is -2.36. The van der Waals surface area contributed by atoms with Crippen LogP contribution in [0.1, 0.15) is 31.2 Å². The fourth-order valence-corrected chi connectivity index (χ4v) is 3.03. The maximum Gasteiger partial charge on any atom is 0.124 e. The molecule has 1 aliphatic rings. The van der Waals surface area contributed by atoms with Gasteiger partial charge >= 0.3 is 0 Å². The van der Waals surface area contributed by atoms with Gasteiger partial charge in [-0.25, -0.2) is 4.39 Å². The molecule has 1 aromatic carbocycles. The standard InChI is InChI=1S/C12H15BrFNO/c13-11-7-8(14)1-2-10(11)12(15)5-3-9(16)4-6-12/h1-2,7,9,16H,3-6,15H2. The Morgan fingerprint density at radius 2 is 2.00 bits per heavy atom. The van der Waals surface area contributed by atoms with E-state index in [1.54, 1.807) is 6.07 Å². The van der Waals surface area contributed by atoms with Crippen molar-refractivity contribution in [1.82, 2.24) is 0 Å². The molecule has 0 bridgehead atoms. The monoisotopic (exact) mass is 287 g/mol. The number of aliphatic hydroxyl groups is 1. The summed E-state index contributed by atoms with van der Waals surface area (Å²) in [7, 11) is 0. The van der Waals surface area contributed by atoms with Gasteiger partial charge in [0.05, 0.1) is 6.10 Å². The maximum atomic E-state index is 13.0. The van der Waals surface area contributed by atoms with E-state index in [-0.39, 0.29) is 11.9 Å². The lowest BCUT2D eigenvalue weighted by molar-refractivity contribution is 0.0967. The topological polar surface area (TPSA) is 46.2 Å². The molecule has 1 saturated carbocycles. The van der Waals surface area contributed by atoms with Gasteiger partial charge in [-0.2, -0.15) is 0 Å². The van der Waals surface area contributed by atoms with Gasteiger partial charge in [-0.1, -0.05) is 22.0 Å². The molecule has 2 rings (SSSR count). The number of hydrogen-bond donors (Lipinski definition) is 2. The molecule has 0 aromatic heterocycles. The van der Waals surface area contributed by atoms with Crippen LogP contribution in [0.2, 0.25) is 0 Å². The second kappa shape index (κ2) is 4.43. The fourth-order valence-electron chi connectivity index (χ4n) is 2.28. The first-order valence-corrected chi connectivity index (χ1v) is 6.23. The zero-order valence-corrected chi connectivity index (χ0v) is 10.5. The lowest BCUT2D eigenvalue weighted by Crippen LogP contribution is -2.41. The van der Waals surface area contributed by atoms with Crippen molar-refractivity contribution in [3.8, 4) is 0 Å². The van der Waals surface area contributed by atoms with Gasteiger partial charge in [-0.3, -0.25) is 0 Å². The first-order valence-electron chi connectivity index (χ1n) is 5.44. The van der Waals surface area contributed by atoms with Crippen LogP contribution in [0.25, 0.3) is 0 Å². The molecule has 1 aromatic rings. The highest BCUT2D eigenvalue weighted by molar-refractivity contribution is 9.10. The van der Waals surface area contributed by atoms with E-state index >= 15 is 0 Å². The van der Waals surface area contributed by atoms with Crippen molar-refractivity contribution in [2.75, 3.05) is 0 Å². The predicted molar refractivity (Wildman–Crippen MR) is 64.4 cm³/mol. The van der Waals surface area contributed by atoms with Crippen LogP contribution >= 0.6 is 15.9 Å². The molecule has 0 atom stereocenters. The summed E-state index contributed by atoms with van der Waals surface area (Å²) in [5, 5.41) is 9.47. The Hall–Kier alpha value is -0.450. The van der Waals surface area contributed by atoms with E-state index in [1.807, 2.05) is 0 Å². The Labute approximate surface area is 103 Å². The third kappa shape index (κ3) is 2.29. The molecular formula is C12H15BrFNO. The summed E-state index contributed by atoms with van der Waals surface area (Å²) in [6.45, 7) is 0. The van der Waals surface area contributed by atoms with Crippen LogP contribution in [0, 0.1) is 5.82 Å². The SMILES string of the molecule is NC1(c2ccc(F)cc2Br)CCC(O)CC1. The molecule has 0 aliphatic heterocycles. The molecular weight excluding hydrogens is 273 g/mol. The number of benzene rings is 1. The van der Waals surface area contributed by atoms with Gasteiger partial charge in [0, 0.05) is 10.0 Å². The fraction of sp³-hybridized carbons (Fsp3) is 0.500. The highest BCUT2D eigenvalue weighted by Gasteiger charge is 2.33. The van der Waals surface area contributed by atoms with Crippen LogP contribution in [0.5, 0.6) is 0 Å². The minimum atomic E-state index is -0.439. The molecule has 0 saturated heterocycles. The van der Waals surface area contributed by atoms with Crippen molar-refractivity contribution < 1.29 is 9.50 Å². The number of aliphatic hydroxyl groups excluding tert-OH is 1. The van der Waals surface area contributed by atoms with Crippen LogP contribution in [-0.4, -0.2) is 11.2 Å². The van der Waals surface area contributed by atoms with Crippen molar-refractivity contribution >= 4 is 15.9 Å². The van der Waals surface area contributed by atoms with Gasteiger partial charge in [0.15, 0.2) is 0 Å². The molecule has 0 unspecified atom stereocenters. The summed E-state index contributed by atoms with van der Waals surface area (Å²) in [5.41, 5.74) is 6.82. The number of rotatable bonds is 1. The van der Waals surface area contributed by atoms with Gasteiger partial charge < -0.3 is 10.8 Å². The zero-order chi connectivity index (χ0) is 11.8. The number of hydrogen-bond acceptors (Lipinski definition) is 2. The van der Waals surface area contributed by atoms with E-state index in [2.05, 4.69) is 15.9 Å². The van der Waals surface area contributed by atoms with E-state index < -0.39 is 5.54 Å². The van der Waals surface area contributed by atoms with E-state index in [0.717, 1.165) is 18.4 Å². The Balaban J connectivity index is 2.29. The molecule has 0 amide bonds. The van der Waals surface area contributed by atoms with Gasteiger partial charge in [-0.15, -0.1) is 0 Å². The van der Waals surface area contributed by atoms with Crippen LogP contribution in [0.15, 0.2) is 22.7 Å². The Morgan fingerprint density at radius 3 is 2.56 bits per heavy atom. The Bertz CT molecular complexity index is 389. The normalized spacial score (nSPS) is 30.4. The Morgan fingerprint density at radius 1 is 1.38 bits per heavy atom. The maximum absolute atomic E-state index is 13.0. The zero-order valence-electron chi connectivity index (χ0n) is 8.92. The third-order valence-corrected chi connectivity index (χ3v) is 3.97. The minimum Gasteiger partial charge on any atom is -0.393 e. The largest absolute Gasteiger partial charge is 0.393 e. The quantitative estimate of drug-likeness (QED) is 0.834. The molecule has 2 nitrogen and oxygen atoms in total. The van der Waals surface area contributed by atoms with E-state index in [1.165, 1.54) is 12.1 Å². The third-order valence-electron chi connectivity index (χ3n) is 3.31. The van der Waals surface area contributed by atoms with Crippen LogP contribution < -0.4 is 5.73 Å². The average Bonchev–Trinajstić information content (AvgIpc) is 2.22. The van der Waals surface area contributed by atoms with Gasteiger partial charge in [-0.05, 0) is 43.4 Å². The predicted octanol–water partition coefficient (Wildman–Crippen LogP) is 2.68. The molecule has 88 valence electrons. The van der Waals surface area contributed by atoms with Crippen molar-refractivity contribution in [3.63, 3.8) is 0 Å². The molecule has 0 radical (unpaired) electrons. The second-order valence-electron chi connectivity index (χ2n) is 4.51. The summed E-state index contributed by atoms with van der Waals surface area (Å²) in [4.78, 5) is 0. The Kier molecular flexibility index (Phi) is 3.33. The van der Waals surface area contributed by atoms with Crippen molar-refractivity contribution in [1.29, 1.82) is 0 Å². The van der Waals surface area contributed by atoms with Crippen molar-refractivity contribution in [3.05, 3.63) is 34.1 Å². The van der Waals surface area contributed by atoms with Crippen molar-refractivity contribution in [2.24, 2.45) is 5.73 Å². The molecule has 3 N–H and O–H groups in total. The first-order chi connectivity index (χ1) is 7.51. The highest BCUT2D eigenvalue weighted by atomic mass is 79.9. The molecule has 0 spiro atoms. The van der Waals surface area contributed by atoms with Gasteiger partial charge in [0.25, 0.3) is 0 Å². The minimum absolute atomic E-state index is 0.240. The van der Waals surface area contributed by atoms with Crippen LogP contribution in [0.4, 0.5) is 4.39 Å². The summed E-state index contributed by atoms with van der Waals surface area (Å²) >= 11 is 3.35.